The minimum Gasteiger partial charge on any atom is -0.503 e. The molecule has 2 aromatic carbocycles. The Morgan fingerprint density at radius 2 is 1.79 bits per heavy atom. The Bertz CT molecular complexity index is 1070. The van der Waals surface area contributed by atoms with Crippen LogP contribution in [0.4, 0.5) is 0 Å². The van der Waals surface area contributed by atoms with Crippen molar-refractivity contribution in [3.8, 4) is 5.75 Å². The predicted molar refractivity (Wildman–Crippen MR) is 105 cm³/mol. The molecule has 4 rings (SSSR count). The summed E-state index contributed by atoms with van der Waals surface area (Å²) in [5.74, 6) is -1.14. The SMILES string of the molecule is COc1ccccc1C1C(C(=O)c2ccco2)=C(O)C(=O)N1Cc1ccccc1. The second kappa shape index (κ2) is 7.67. The molecule has 29 heavy (non-hydrogen) atoms. The number of hydrogen-bond donors (Lipinski definition) is 1. The molecule has 1 amide bonds. The molecule has 1 aliphatic heterocycles. The number of para-hydroxylation sites is 1. The number of carbonyl (C=O) groups is 2. The topological polar surface area (TPSA) is 80.0 Å². The van der Waals surface area contributed by atoms with Crippen molar-refractivity contribution in [1.82, 2.24) is 4.90 Å². The minimum absolute atomic E-state index is 0.0228. The van der Waals surface area contributed by atoms with Gasteiger partial charge in [0.25, 0.3) is 5.91 Å². The lowest BCUT2D eigenvalue weighted by Gasteiger charge is -2.28. The van der Waals surface area contributed by atoms with E-state index in [2.05, 4.69) is 0 Å². The van der Waals surface area contributed by atoms with Gasteiger partial charge in [-0.05, 0) is 23.8 Å². The van der Waals surface area contributed by atoms with Gasteiger partial charge in [-0.3, -0.25) is 9.59 Å². The van der Waals surface area contributed by atoms with Gasteiger partial charge in [-0.25, -0.2) is 0 Å². The molecule has 6 nitrogen and oxygen atoms in total. The van der Waals surface area contributed by atoms with Crippen LogP contribution < -0.4 is 4.74 Å². The van der Waals surface area contributed by atoms with E-state index >= 15 is 0 Å². The number of nitrogens with zero attached hydrogens (tertiary/aromatic N) is 1. The molecule has 3 aromatic rings. The third-order valence-corrected chi connectivity index (χ3v) is 4.92. The third kappa shape index (κ3) is 3.29. The lowest BCUT2D eigenvalue weighted by molar-refractivity contribution is -0.130. The van der Waals surface area contributed by atoms with Crippen LogP contribution in [0.25, 0.3) is 0 Å². The van der Waals surface area contributed by atoms with Crippen LogP contribution >= 0.6 is 0 Å². The summed E-state index contributed by atoms with van der Waals surface area (Å²) in [5, 5.41) is 10.7. The van der Waals surface area contributed by atoms with Crippen molar-refractivity contribution < 1.29 is 23.8 Å². The van der Waals surface area contributed by atoms with Crippen LogP contribution in [0.1, 0.15) is 27.7 Å². The zero-order valence-electron chi connectivity index (χ0n) is 15.7. The molecule has 0 radical (unpaired) electrons. The Balaban J connectivity index is 1.84. The van der Waals surface area contributed by atoms with E-state index in [1.54, 1.807) is 30.3 Å². The predicted octanol–water partition coefficient (Wildman–Crippen LogP) is 4.07. The van der Waals surface area contributed by atoms with E-state index in [-0.39, 0.29) is 17.9 Å². The molecular formula is C23H19NO5. The number of amides is 1. The van der Waals surface area contributed by atoms with Gasteiger partial charge in [0.05, 0.1) is 25.0 Å². The lowest BCUT2D eigenvalue weighted by Crippen LogP contribution is -2.31. The molecule has 2 heterocycles. The number of ketones is 1. The van der Waals surface area contributed by atoms with Crippen molar-refractivity contribution in [2.45, 2.75) is 12.6 Å². The Labute approximate surface area is 167 Å². The van der Waals surface area contributed by atoms with E-state index in [4.69, 9.17) is 9.15 Å². The van der Waals surface area contributed by atoms with E-state index in [0.29, 0.717) is 11.3 Å². The zero-order chi connectivity index (χ0) is 20.4. The molecule has 0 fully saturated rings. The highest BCUT2D eigenvalue weighted by Gasteiger charge is 2.45. The van der Waals surface area contributed by atoms with Crippen molar-refractivity contribution in [2.75, 3.05) is 7.11 Å². The van der Waals surface area contributed by atoms with Crippen molar-refractivity contribution >= 4 is 11.7 Å². The van der Waals surface area contributed by atoms with Crippen LogP contribution in [0.3, 0.4) is 0 Å². The Hall–Kier alpha value is -3.80. The molecule has 1 N–H and O–H groups in total. The molecule has 1 atom stereocenters. The number of ether oxygens (including phenoxy) is 1. The normalized spacial score (nSPS) is 16.4. The molecule has 6 heteroatoms. The summed E-state index contributed by atoms with van der Waals surface area (Å²) in [6.07, 6.45) is 1.38. The highest BCUT2D eigenvalue weighted by Crippen LogP contribution is 2.43. The van der Waals surface area contributed by atoms with Gasteiger partial charge in [0.15, 0.2) is 11.5 Å². The summed E-state index contributed by atoms with van der Waals surface area (Å²) in [7, 11) is 1.52. The number of methoxy groups -OCH3 is 1. The molecule has 1 aliphatic rings. The Morgan fingerprint density at radius 1 is 1.07 bits per heavy atom. The molecule has 0 bridgehead atoms. The highest BCUT2D eigenvalue weighted by atomic mass is 16.5. The fraction of sp³-hybridized carbons (Fsp3) is 0.130. The van der Waals surface area contributed by atoms with E-state index < -0.39 is 23.5 Å². The van der Waals surface area contributed by atoms with Gasteiger partial charge >= 0.3 is 0 Å². The van der Waals surface area contributed by atoms with Crippen LogP contribution in [0.5, 0.6) is 5.75 Å². The molecule has 1 unspecified atom stereocenters. The lowest BCUT2D eigenvalue weighted by atomic mass is 9.94. The summed E-state index contributed by atoms with van der Waals surface area (Å²) in [4.78, 5) is 27.6. The van der Waals surface area contributed by atoms with E-state index in [1.165, 1.54) is 24.3 Å². The van der Waals surface area contributed by atoms with Crippen molar-refractivity contribution in [3.05, 3.63) is 101 Å². The first-order valence-corrected chi connectivity index (χ1v) is 9.11. The molecule has 0 saturated carbocycles. The fourth-order valence-electron chi connectivity index (χ4n) is 3.58. The quantitative estimate of drug-likeness (QED) is 0.643. The number of rotatable bonds is 6. The Morgan fingerprint density at radius 3 is 2.48 bits per heavy atom. The second-order valence-electron chi connectivity index (χ2n) is 6.63. The summed E-state index contributed by atoms with van der Waals surface area (Å²) in [6, 6.07) is 18.8. The smallest absolute Gasteiger partial charge is 0.290 e. The molecule has 146 valence electrons. The van der Waals surface area contributed by atoms with Gasteiger partial charge < -0.3 is 19.2 Å². The molecular weight excluding hydrogens is 370 g/mol. The van der Waals surface area contributed by atoms with Gasteiger partial charge in [-0.1, -0.05) is 48.5 Å². The first-order valence-electron chi connectivity index (χ1n) is 9.11. The molecule has 1 aromatic heterocycles. The monoisotopic (exact) mass is 389 g/mol. The summed E-state index contributed by atoms with van der Waals surface area (Å²) in [6.45, 7) is 0.224. The number of furan rings is 1. The van der Waals surface area contributed by atoms with Crippen LogP contribution in [0.15, 0.2) is 88.7 Å². The maximum Gasteiger partial charge on any atom is 0.290 e. The van der Waals surface area contributed by atoms with E-state index in [0.717, 1.165) is 5.56 Å². The summed E-state index contributed by atoms with van der Waals surface area (Å²) >= 11 is 0. The van der Waals surface area contributed by atoms with Crippen molar-refractivity contribution in [1.29, 1.82) is 0 Å². The van der Waals surface area contributed by atoms with Gasteiger partial charge in [0.2, 0.25) is 5.78 Å². The van der Waals surface area contributed by atoms with Crippen LogP contribution in [-0.2, 0) is 11.3 Å². The standard InChI is InChI=1S/C23H19NO5/c1-28-17-11-6-5-10-16(17)20-19(21(25)18-12-7-13-29-18)22(26)23(27)24(20)14-15-8-3-2-4-9-15/h2-13,20,26H,14H2,1H3. The molecule has 0 saturated heterocycles. The number of Topliss-reactive ketones (excluding diaryl/α,β-unsaturated/α-hetero) is 1. The first-order chi connectivity index (χ1) is 14.1. The van der Waals surface area contributed by atoms with Crippen LogP contribution in [-0.4, -0.2) is 28.8 Å². The average molecular weight is 389 g/mol. The number of hydrogen-bond acceptors (Lipinski definition) is 5. The zero-order valence-corrected chi connectivity index (χ0v) is 15.7. The fourth-order valence-corrected chi connectivity index (χ4v) is 3.58. The average Bonchev–Trinajstić information content (AvgIpc) is 3.37. The minimum atomic E-state index is -0.809. The highest BCUT2D eigenvalue weighted by molar-refractivity contribution is 6.15. The van der Waals surface area contributed by atoms with Gasteiger partial charge in [-0.15, -0.1) is 0 Å². The number of benzene rings is 2. The van der Waals surface area contributed by atoms with Crippen molar-refractivity contribution in [2.24, 2.45) is 0 Å². The summed E-state index contributed by atoms with van der Waals surface area (Å²) in [5.41, 5.74) is 1.46. The van der Waals surface area contributed by atoms with Gasteiger partial charge in [0, 0.05) is 12.1 Å². The molecule has 0 spiro atoms. The third-order valence-electron chi connectivity index (χ3n) is 4.92. The number of aliphatic hydroxyl groups excluding tert-OH is 1. The van der Waals surface area contributed by atoms with Gasteiger partial charge in [0.1, 0.15) is 5.75 Å². The Kier molecular flexibility index (Phi) is 4.91. The van der Waals surface area contributed by atoms with Crippen LogP contribution in [0.2, 0.25) is 0 Å². The van der Waals surface area contributed by atoms with Gasteiger partial charge in [-0.2, -0.15) is 0 Å². The maximum absolute atomic E-state index is 13.1. The number of carbonyl (C=O) groups excluding carboxylic acids is 2. The molecule has 0 aliphatic carbocycles. The maximum atomic E-state index is 13.1. The number of aliphatic hydroxyl groups is 1. The van der Waals surface area contributed by atoms with E-state index in [1.807, 2.05) is 30.3 Å². The van der Waals surface area contributed by atoms with E-state index in [9.17, 15) is 14.7 Å². The largest absolute Gasteiger partial charge is 0.503 e. The van der Waals surface area contributed by atoms with Crippen molar-refractivity contribution in [3.63, 3.8) is 0 Å². The second-order valence-corrected chi connectivity index (χ2v) is 6.63. The summed E-state index contributed by atoms with van der Waals surface area (Å²) < 4.78 is 10.7. The van der Waals surface area contributed by atoms with Crippen LogP contribution in [0, 0.1) is 0 Å². The first kappa shape index (κ1) is 18.6.